The van der Waals surface area contributed by atoms with Gasteiger partial charge < -0.3 is 9.97 Å². The second-order valence-electron chi connectivity index (χ2n) is 11.6. The standard InChI is InChI=1S/C32H2F16N8.ClH/c33-9-1-2(10(34)18(42)17(9)41)26-49-25(1)53-27-3-4(12(36)20(44)19(43)11(3)35)29(50-27)55-31-7-8(16(40)24(48)23(47)15(7)39)32(52-31)56-30-6-5(28(51-30)54-26)13(37)21(45)22(46)14(6)38;/h(H2,49,50,51,52,53,54,55,56);1H. The lowest BCUT2D eigenvalue weighted by Crippen LogP contribution is -2.01. The molecule has 2 aliphatic rings. The van der Waals surface area contributed by atoms with Crippen LogP contribution in [0.25, 0.3) is 89.7 Å². The largest absolute Gasteiger partial charge is 0.324 e. The van der Waals surface area contributed by atoms with Gasteiger partial charge in [0, 0.05) is 0 Å². The summed E-state index contributed by atoms with van der Waals surface area (Å²) in [6.45, 7) is 0. The number of nitrogens with zero attached hydrogens (tertiary/aromatic N) is 6. The third kappa shape index (κ3) is 4.72. The molecule has 8 nitrogen and oxygen atoms in total. The number of hydrogen-bond donors (Lipinski definition) is 2. The first kappa shape index (κ1) is 37.3. The van der Waals surface area contributed by atoms with E-state index in [4.69, 9.17) is 0 Å². The minimum Gasteiger partial charge on any atom is -0.324 e. The van der Waals surface area contributed by atoms with Crippen molar-refractivity contribution in [2.75, 3.05) is 0 Å². The van der Waals surface area contributed by atoms with Crippen molar-refractivity contribution < 1.29 is 70.2 Å². The minimum absolute atomic E-state index is 0. The number of nitrogens with one attached hydrogen (secondary N) is 2. The maximum absolute atomic E-state index is 15.4. The highest BCUT2D eigenvalue weighted by molar-refractivity contribution is 6.07. The second-order valence-corrected chi connectivity index (χ2v) is 11.6. The van der Waals surface area contributed by atoms with Crippen molar-refractivity contribution in [2.45, 2.75) is 0 Å². The Bertz CT molecular complexity index is 2820. The monoisotopic (exact) mass is 838 g/mol. The average molecular weight is 839 g/mol. The Morgan fingerprint density at radius 3 is 0.596 bits per heavy atom. The van der Waals surface area contributed by atoms with Gasteiger partial charge in [0.25, 0.3) is 0 Å². The fourth-order valence-corrected chi connectivity index (χ4v) is 6.24. The van der Waals surface area contributed by atoms with Crippen molar-refractivity contribution in [1.82, 2.24) is 39.9 Å². The van der Waals surface area contributed by atoms with E-state index in [1.54, 1.807) is 0 Å². The zero-order valence-electron chi connectivity index (χ0n) is 26.1. The smallest absolute Gasteiger partial charge is 0.198 e. The summed E-state index contributed by atoms with van der Waals surface area (Å²) in [5.41, 5.74) is -11.1. The Morgan fingerprint density at radius 1 is 0.228 bits per heavy atom. The van der Waals surface area contributed by atoms with E-state index in [-0.39, 0.29) is 12.4 Å². The van der Waals surface area contributed by atoms with Crippen LogP contribution in [-0.2, 0) is 0 Å². The molecule has 0 amide bonds. The van der Waals surface area contributed by atoms with E-state index in [1.807, 2.05) is 9.97 Å². The van der Waals surface area contributed by atoms with E-state index in [1.165, 1.54) is 0 Å². The van der Waals surface area contributed by atoms with E-state index < -0.39 is 183 Å². The van der Waals surface area contributed by atoms with E-state index in [9.17, 15) is 35.1 Å². The lowest BCUT2D eigenvalue weighted by Gasteiger charge is -2.05. The van der Waals surface area contributed by atoms with Crippen LogP contribution in [0.2, 0.25) is 0 Å². The molecule has 0 unspecified atom stereocenters. The highest BCUT2D eigenvalue weighted by Crippen LogP contribution is 2.44. The molecule has 0 atom stereocenters. The summed E-state index contributed by atoms with van der Waals surface area (Å²) >= 11 is 0. The lowest BCUT2D eigenvalue weighted by atomic mass is 10.1. The van der Waals surface area contributed by atoms with Crippen molar-refractivity contribution in [2.24, 2.45) is 0 Å². The molecule has 5 heterocycles. The molecule has 3 aromatic heterocycles. The van der Waals surface area contributed by atoms with Crippen molar-refractivity contribution in [3.63, 3.8) is 0 Å². The SMILES string of the molecule is Cl.Fc1c(F)c(F)c2c(c1F)-c1nc-2nc2[nH]c(nc3nc(nc4[nH]c(n1)c1c(F)c(F)c(F)c(F)c41)-c1c(F)c(F)c(F)c(F)c1-3)c1c(F)c(F)c(F)c(F)c21. The summed E-state index contributed by atoms with van der Waals surface area (Å²) in [6.07, 6.45) is 0. The van der Waals surface area contributed by atoms with Crippen LogP contribution in [0.15, 0.2) is 0 Å². The van der Waals surface area contributed by atoms with E-state index in [0.717, 1.165) is 0 Å². The van der Waals surface area contributed by atoms with Crippen LogP contribution < -0.4 is 0 Å². The van der Waals surface area contributed by atoms with Gasteiger partial charge in [-0.25, -0.2) is 100 Å². The Kier molecular flexibility index (Phi) is 7.99. The molecule has 0 spiro atoms. The van der Waals surface area contributed by atoms with E-state index >= 15 is 35.1 Å². The molecule has 8 bridgehead atoms. The predicted molar refractivity (Wildman–Crippen MR) is 163 cm³/mol. The quantitative estimate of drug-likeness (QED) is 0.0896. The van der Waals surface area contributed by atoms with Crippen LogP contribution in [0, 0.1) is 93.1 Å². The summed E-state index contributed by atoms with van der Waals surface area (Å²) in [7, 11) is 0. The molecule has 0 fully saturated rings. The number of rotatable bonds is 0. The highest BCUT2D eigenvalue weighted by atomic mass is 35.5. The van der Waals surface area contributed by atoms with Gasteiger partial charge in [-0.3, -0.25) is 0 Å². The van der Waals surface area contributed by atoms with Crippen molar-refractivity contribution >= 4 is 56.5 Å². The molecule has 0 saturated carbocycles. The maximum Gasteiger partial charge on any atom is 0.198 e. The molecular weight excluding hydrogens is 836 g/mol. The molecule has 4 aromatic carbocycles. The second kappa shape index (κ2) is 12.2. The van der Waals surface area contributed by atoms with Gasteiger partial charge in [0.2, 0.25) is 0 Å². The first-order valence-corrected chi connectivity index (χ1v) is 14.7. The van der Waals surface area contributed by atoms with Crippen LogP contribution in [0.1, 0.15) is 0 Å². The number of benzene rings is 4. The molecule has 57 heavy (non-hydrogen) atoms. The van der Waals surface area contributed by atoms with Crippen LogP contribution >= 0.6 is 12.4 Å². The molecule has 0 saturated heterocycles. The van der Waals surface area contributed by atoms with Gasteiger partial charge in [-0.05, 0) is 0 Å². The zero-order chi connectivity index (χ0) is 40.1. The molecule has 2 aliphatic heterocycles. The molecule has 25 heteroatoms. The average Bonchev–Trinajstić information content (AvgIpc) is 3.92. The molecule has 0 radical (unpaired) electrons. The number of fused-ring (bicyclic) bond motifs is 20. The van der Waals surface area contributed by atoms with Gasteiger partial charge in [0.15, 0.2) is 116 Å². The molecule has 9 rings (SSSR count). The van der Waals surface area contributed by atoms with Gasteiger partial charge in [-0.15, -0.1) is 12.4 Å². The number of H-pyrrole nitrogens is 2. The van der Waals surface area contributed by atoms with Crippen LogP contribution in [-0.4, -0.2) is 39.9 Å². The minimum atomic E-state index is -2.53. The van der Waals surface area contributed by atoms with Crippen LogP contribution in [0.5, 0.6) is 0 Å². The fraction of sp³-hybridized carbons (Fsp3) is 0. The van der Waals surface area contributed by atoms with Gasteiger partial charge in [-0.1, -0.05) is 0 Å². The Morgan fingerprint density at radius 2 is 0.404 bits per heavy atom. The highest BCUT2D eigenvalue weighted by Gasteiger charge is 2.37. The van der Waals surface area contributed by atoms with Crippen LogP contribution in [0.3, 0.4) is 0 Å². The van der Waals surface area contributed by atoms with Crippen LogP contribution in [0.4, 0.5) is 70.2 Å². The normalized spacial score (nSPS) is 12.1. The zero-order valence-corrected chi connectivity index (χ0v) is 27.0. The topological polar surface area (TPSA) is 109 Å². The van der Waals surface area contributed by atoms with Gasteiger partial charge in [0.05, 0.1) is 43.8 Å². The summed E-state index contributed by atoms with van der Waals surface area (Å²) < 4.78 is 240. The Balaban J connectivity index is 0.00000455. The summed E-state index contributed by atoms with van der Waals surface area (Å²) in [6, 6.07) is 0. The third-order valence-corrected chi connectivity index (χ3v) is 8.68. The van der Waals surface area contributed by atoms with E-state index in [2.05, 4.69) is 29.9 Å². The lowest BCUT2D eigenvalue weighted by molar-refractivity contribution is 0.412. The molecule has 2 N–H and O–H groups in total. The molecular formula is C32H3ClF16N8. The number of halogens is 17. The summed E-state index contributed by atoms with van der Waals surface area (Å²) in [5.74, 6) is -44.2. The summed E-state index contributed by atoms with van der Waals surface area (Å²) in [4.78, 5) is 25.5. The molecule has 290 valence electrons. The third-order valence-electron chi connectivity index (χ3n) is 8.68. The number of aromatic amines is 2. The van der Waals surface area contributed by atoms with E-state index in [0.29, 0.717) is 0 Å². The number of hydrogen-bond acceptors (Lipinski definition) is 6. The van der Waals surface area contributed by atoms with Gasteiger partial charge in [0.1, 0.15) is 22.6 Å². The van der Waals surface area contributed by atoms with Crippen molar-refractivity contribution in [3.05, 3.63) is 93.1 Å². The van der Waals surface area contributed by atoms with Gasteiger partial charge >= 0.3 is 0 Å². The Hall–Kier alpha value is -6.59. The summed E-state index contributed by atoms with van der Waals surface area (Å²) in [5, 5.41) is -5.83. The van der Waals surface area contributed by atoms with Crippen molar-refractivity contribution in [3.8, 4) is 45.6 Å². The Labute approximate surface area is 305 Å². The van der Waals surface area contributed by atoms with Crippen molar-refractivity contribution in [1.29, 1.82) is 0 Å². The first-order chi connectivity index (χ1) is 26.4. The first-order valence-electron chi connectivity index (χ1n) is 14.7. The fourth-order valence-electron chi connectivity index (χ4n) is 6.24. The molecule has 0 aliphatic carbocycles. The molecule has 7 aromatic rings. The maximum atomic E-state index is 15.4. The van der Waals surface area contributed by atoms with Gasteiger partial charge in [-0.2, -0.15) is 0 Å². The number of aromatic nitrogens is 8. The predicted octanol–water partition coefficient (Wildman–Crippen LogP) is 9.52.